The van der Waals surface area contributed by atoms with E-state index in [0.29, 0.717) is 6.54 Å². The zero-order valence-corrected chi connectivity index (χ0v) is 37.3. The van der Waals surface area contributed by atoms with E-state index in [1.807, 2.05) is 62.2 Å². The Balaban J connectivity index is 0.00000180. The lowest BCUT2D eigenvalue weighted by atomic mass is 10.0. The van der Waals surface area contributed by atoms with Crippen molar-refractivity contribution in [3.63, 3.8) is 0 Å². The third-order valence-corrected chi connectivity index (χ3v) is 12.2. The van der Waals surface area contributed by atoms with Gasteiger partial charge in [-0.2, -0.15) is 54.0 Å². The van der Waals surface area contributed by atoms with E-state index in [4.69, 9.17) is 14.7 Å². The SMILES string of the molecule is CC[C@H](C)C(=O)N1CC2(CC2)C[C@H]1c1ncc(-c2ccc(C#Cc3ccc4nc([C@@H]5CC6(CC6)CN5C(=O)[C@@H](NC(=O)OC)C(C)C)[nH]c4c3)cc2)[nH]1.S.S.S.S. The average molecular weight is 852 g/mol. The fourth-order valence-electron chi connectivity index (χ4n) is 8.27. The van der Waals surface area contributed by atoms with E-state index in [9.17, 15) is 14.4 Å². The number of amides is 3. The number of imidazole rings is 2. The zero-order chi connectivity index (χ0) is 37.1. The number of aromatic nitrogens is 4. The number of rotatable bonds is 8. The van der Waals surface area contributed by atoms with Gasteiger partial charge in [-0.05, 0) is 97.6 Å². The van der Waals surface area contributed by atoms with E-state index in [1.165, 1.54) is 20.0 Å². The zero-order valence-electron chi connectivity index (χ0n) is 33.3. The molecule has 0 unspecified atom stereocenters. The van der Waals surface area contributed by atoms with E-state index in [2.05, 4.69) is 51.1 Å². The van der Waals surface area contributed by atoms with Gasteiger partial charge in [0, 0.05) is 30.1 Å². The first-order valence-electron chi connectivity index (χ1n) is 19.1. The molecule has 0 bridgehead atoms. The fourth-order valence-corrected chi connectivity index (χ4v) is 8.27. The van der Waals surface area contributed by atoms with Crippen LogP contribution in [0.2, 0.25) is 0 Å². The number of aromatic amines is 2. The Bertz CT molecular complexity index is 2130. The summed E-state index contributed by atoms with van der Waals surface area (Å²) in [5.41, 5.74) is 5.81. The number of H-pyrrole nitrogens is 2. The third kappa shape index (κ3) is 9.29. The van der Waals surface area contributed by atoms with Gasteiger partial charge in [0.15, 0.2) is 0 Å². The molecule has 2 aliphatic heterocycles. The lowest BCUT2D eigenvalue weighted by Gasteiger charge is -2.30. The number of carbonyl (C=O) groups is 3. The number of fused-ring (bicyclic) bond motifs is 1. The number of likely N-dealkylation sites (tertiary alicyclic amines) is 2. The molecule has 15 heteroatoms. The van der Waals surface area contributed by atoms with Crippen LogP contribution in [-0.4, -0.2) is 73.9 Å². The van der Waals surface area contributed by atoms with E-state index in [-0.39, 0.29) is 101 Å². The molecule has 11 nitrogen and oxygen atoms in total. The van der Waals surface area contributed by atoms with Crippen molar-refractivity contribution in [2.75, 3.05) is 20.2 Å². The monoisotopic (exact) mass is 851 g/mol. The summed E-state index contributed by atoms with van der Waals surface area (Å²) in [5, 5.41) is 2.75. The number of benzene rings is 2. The van der Waals surface area contributed by atoms with Crippen LogP contribution >= 0.6 is 54.0 Å². The van der Waals surface area contributed by atoms with Gasteiger partial charge in [-0.1, -0.05) is 51.7 Å². The van der Waals surface area contributed by atoms with Crippen molar-refractivity contribution in [3.05, 3.63) is 71.4 Å². The van der Waals surface area contributed by atoms with Crippen molar-refractivity contribution in [1.29, 1.82) is 0 Å². The van der Waals surface area contributed by atoms with Gasteiger partial charge in [0.25, 0.3) is 0 Å². The van der Waals surface area contributed by atoms with Crippen molar-refractivity contribution < 1.29 is 19.1 Å². The summed E-state index contributed by atoms with van der Waals surface area (Å²) in [5.74, 6) is 8.29. The Morgan fingerprint density at radius 2 is 1.42 bits per heavy atom. The molecule has 4 atom stereocenters. The summed E-state index contributed by atoms with van der Waals surface area (Å²) in [6.07, 6.45) is 8.51. The molecule has 0 radical (unpaired) electrons. The number of methoxy groups -OCH3 is 1. The Morgan fingerprint density at radius 1 is 0.842 bits per heavy atom. The molecule has 3 N–H and O–H groups in total. The Labute approximate surface area is 363 Å². The molecule has 2 spiro atoms. The second-order valence-electron chi connectivity index (χ2n) is 16.4. The minimum atomic E-state index is -0.680. The van der Waals surface area contributed by atoms with Crippen molar-refractivity contribution in [1.82, 2.24) is 35.1 Å². The van der Waals surface area contributed by atoms with Gasteiger partial charge in [0.1, 0.15) is 17.7 Å². The first kappa shape index (κ1) is 46.0. The quantitative estimate of drug-likeness (QED) is 0.159. The summed E-state index contributed by atoms with van der Waals surface area (Å²) in [4.78, 5) is 59.9. The highest BCUT2D eigenvalue weighted by Gasteiger charge is 2.56. The van der Waals surface area contributed by atoms with Crippen LogP contribution < -0.4 is 5.32 Å². The highest BCUT2D eigenvalue weighted by Crippen LogP contribution is 2.59. The van der Waals surface area contributed by atoms with Gasteiger partial charge in [-0.25, -0.2) is 14.8 Å². The highest BCUT2D eigenvalue weighted by molar-refractivity contribution is 7.59. The maximum Gasteiger partial charge on any atom is 0.407 e. The summed E-state index contributed by atoms with van der Waals surface area (Å²) in [6.45, 7) is 9.46. The predicted molar refractivity (Wildman–Crippen MR) is 243 cm³/mol. The largest absolute Gasteiger partial charge is 0.453 e. The smallest absolute Gasteiger partial charge is 0.407 e. The van der Waals surface area contributed by atoms with Crippen molar-refractivity contribution >= 4 is 82.9 Å². The molecule has 4 heterocycles. The summed E-state index contributed by atoms with van der Waals surface area (Å²) in [7, 11) is 1.31. The van der Waals surface area contributed by atoms with Crippen LogP contribution in [-0.2, 0) is 14.3 Å². The van der Waals surface area contributed by atoms with E-state index in [0.717, 1.165) is 83.7 Å². The van der Waals surface area contributed by atoms with Gasteiger partial charge in [0.05, 0.1) is 42.1 Å². The first-order valence-corrected chi connectivity index (χ1v) is 19.1. The fraction of sp³-hybridized carbons (Fsp3) is 0.500. The van der Waals surface area contributed by atoms with Gasteiger partial charge in [0.2, 0.25) is 11.8 Å². The Hall–Kier alpha value is -3.71. The van der Waals surface area contributed by atoms with Crippen molar-refractivity contribution in [2.45, 2.75) is 90.8 Å². The number of hydrogen-bond donors (Lipinski definition) is 3. The molecule has 2 aromatic heterocycles. The molecular weight excluding hydrogens is 795 g/mol. The van der Waals surface area contributed by atoms with E-state index >= 15 is 0 Å². The highest BCUT2D eigenvalue weighted by atomic mass is 32.1. The molecule has 8 rings (SSSR count). The topological polar surface area (TPSA) is 136 Å². The Morgan fingerprint density at radius 3 is 2.00 bits per heavy atom. The first-order chi connectivity index (χ1) is 25.5. The second-order valence-corrected chi connectivity index (χ2v) is 16.4. The molecule has 3 amide bonds. The van der Waals surface area contributed by atoms with Crippen LogP contribution in [0.25, 0.3) is 22.3 Å². The molecule has 57 heavy (non-hydrogen) atoms. The lowest BCUT2D eigenvalue weighted by molar-refractivity contribution is -0.136. The van der Waals surface area contributed by atoms with Crippen LogP contribution in [0.4, 0.5) is 4.79 Å². The van der Waals surface area contributed by atoms with Gasteiger partial charge >= 0.3 is 6.09 Å². The van der Waals surface area contributed by atoms with Crippen LogP contribution in [0.15, 0.2) is 48.7 Å². The molecule has 2 saturated carbocycles. The minimum Gasteiger partial charge on any atom is -0.453 e. The standard InChI is InChI=1S/C42H49N7O4.4H2S/c1-6-26(4)38(50)48-23-41(15-16-41)20-33(48)36-43-22-32(46-36)29-12-9-27(10-13-29)7-8-28-11-14-30-31(19-28)45-37(44-30)34-21-42(17-18-42)24-49(34)39(51)35(25(2)3)47-40(52)53-5;;;;/h9-14,19,22,25-26,33-35H,6,15-18,20-21,23-24H2,1-5H3,(H,43,46)(H,44,45)(H,47,52);4*1H2/t26-,33-,34-,35-;;;;/m0..../s1. The number of carbonyl (C=O) groups excluding carboxylic acids is 3. The number of alkyl carbamates (subject to hydrolysis) is 1. The van der Waals surface area contributed by atoms with Crippen LogP contribution in [0.3, 0.4) is 0 Å². The summed E-state index contributed by atoms with van der Waals surface area (Å²) < 4.78 is 4.81. The minimum absolute atomic E-state index is 0. The van der Waals surface area contributed by atoms with Crippen LogP contribution in [0.5, 0.6) is 0 Å². The molecular formula is C42H57N7O4S4. The van der Waals surface area contributed by atoms with Gasteiger partial charge in [-0.15, -0.1) is 0 Å². The third-order valence-electron chi connectivity index (χ3n) is 12.2. The molecule has 2 aromatic carbocycles. The maximum atomic E-state index is 13.8. The molecule has 4 fully saturated rings. The summed E-state index contributed by atoms with van der Waals surface area (Å²) in [6, 6.07) is 13.2. The number of hydrogen-bond acceptors (Lipinski definition) is 6. The van der Waals surface area contributed by atoms with E-state index < -0.39 is 12.1 Å². The second kappa shape index (κ2) is 18.1. The van der Waals surface area contributed by atoms with Gasteiger partial charge in [-0.3, -0.25) is 9.59 Å². The molecule has 2 saturated heterocycles. The average Bonchev–Trinajstić information content (AvgIpc) is 3.78. The molecule has 4 aliphatic rings. The van der Waals surface area contributed by atoms with Crippen molar-refractivity contribution in [3.8, 4) is 23.1 Å². The molecule has 2 aliphatic carbocycles. The normalized spacial score (nSPS) is 20.3. The predicted octanol–water partition coefficient (Wildman–Crippen LogP) is 7.34. The number of ether oxygens (including phenoxy) is 1. The number of nitrogens with one attached hydrogen (secondary N) is 3. The Kier molecular flexibility index (Phi) is 14.6. The van der Waals surface area contributed by atoms with Crippen LogP contribution in [0.1, 0.15) is 108 Å². The molecule has 4 aromatic rings. The van der Waals surface area contributed by atoms with E-state index in [1.54, 1.807) is 0 Å². The number of nitrogens with zero attached hydrogens (tertiary/aromatic N) is 4. The van der Waals surface area contributed by atoms with Gasteiger partial charge < -0.3 is 29.8 Å². The summed E-state index contributed by atoms with van der Waals surface area (Å²) >= 11 is 0. The lowest BCUT2D eigenvalue weighted by Crippen LogP contribution is -2.51. The van der Waals surface area contributed by atoms with Crippen molar-refractivity contribution in [2.24, 2.45) is 22.7 Å². The maximum absolute atomic E-state index is 13.8. The molecule has 308 valence electrons. The van der Waals surface area contributed by atoms with Crippen LogP contribution in [0, 0.1) is 34.5 Å².